The van der Waals surface area contributed by atoms with E-state index in [-0.39, 0.29) is 12.0 Å². The molecule has 0 spiro atoms. The van der Waals surface area contributed by atoms with Crippen molar-refractivity contribution in [3.05, 3.63) is 29.8 Å². The van der Waals surface area contributed by atoms with E-state index in [1.54, 1.807) is 0 Å². The lowest BCUT2D eigenvalue weighted by molar-refractivity contribution is -0.143. The van der Waals surface area contributed by atoms with Crippen molar-refractivity contribution in [2.75, 3.05) is 11.4 Å². The highest BCUT2D eigenvalue weighted by molar-refractivity contribution is 5.73. The summed E-state index contributed by atoms with van der Waals surface area (Å²) in [5.41, 5.74) is 2.62. The molecule has 3 nitrogen and oxygen atoms in total. The van der Waals surface area contributed by atoms with Gasteiger partial charge in [-0.2, -0.15) is 0 Å². The maximum Gasteiger partial charge on any atom is 0.308 e. The number of para-hydroxylation sites is 1. The topological polar surface area (TPSA) is 40.5 Å². The fraction of sp³-hybridized carbons (Fsp3) is 0.562. The largest absolute Gasteiger partial charge is 0.481 e. The van der Waals surface area contributed by atoms with Gasteiger partial charge < -0.3 is 10.0 Å². The van der Waals surface area contributed by atoms with Crippen LogP contribution in [0.4, 0.5) is 5.69 Å². The summed E-state index contributed by atoms with van der Waals surface area (Å²) >= 11 is 0. The van der Waals surface area contributed by atoms with E-state index in [2.05, 4.69) is 36.1 Å². The highest BCUT2D eigenvalue weighted by Crippen LogP contribution is 2.38. The number of nitrogens with zero attached hydrogens (tertiary/aromatic N) is 1. The molecule has 1 N–H and O–H groups in total. The van der Waals surface area contributed by atoms with Crippen LogP contribution >= 0.6 is 0 Å². The second-order valence-electron chi connectivity index (χ2n) is 6.00. The monoisotopic (exact) mass is 259 g/mol. The van der Waals surface area contributed by atoms with Crippen molar-refractivity contribution in [3.63, 3.8) is 0 Å². The molecule has 1 aliphatic carbocycles. The van der Waals surface area contributed by atoms with Crippen LogP contribution in [0, 0.1) is 11.8 Å². The van der Waals surface area contributed by atoms with Gasteiger partial charge in [0.1, 0.15) is 0 Å². The van der Waals surface area contributed by atoms with Gasteiger partial charge in [-0.05, 0) is 43.2 Å². The Hall–Kier alpha value is -1.51. The van der Waals surface area contributed by atoms with E-state index in [4.69, 9.17) is 0 Å². The fourth-order valence-corrected chi connectivity index (χ4v) is 3.69. The highest BCUT2D eigenvalue weighted by atomic mass is 16.4. The average molecular weight is 259 g/mol. The van der Waals surface area contributed by atoms with Crippen LogP contribution in [-0.4, -0.2) is 23.7 Å². The molecular formula is C16H21NO2. The van der Waals surface area contributed by atoms with Crippen molar-refractivity contribution >= 4 is 11.7 Å². The minimum atomic E-state index is -0.624. The zero-order valence-electron chi connectivity index (χ0n) is 11.4. The summed E-state index contributed by atoms with van der Waals surface area (Å²) in [6, 6.07) is 8.60. The smallest absolute Gasteiger partial charge is 0.308 e. The molecule has 1 aliphatic heterocycles. The molecule has 0 aromatic heterocycles. The maximum atomic E-state index is 11.5. The van der Waals surface area contributed by atoms with Crippen LogP contribution in [0.2, 0.25) is 0 Å². The molecule has 0 saturated heterocycles. The number of carboxylic acids is 1. The Balaban J connectivity index is 1.89. The van der Waals surface area contributed by atoms with Crippen LogP contribution in [0.3, 0.4) is 0 Å². The summed E-state index contributed by atoms with van der Waals surface area (Å²) in [6.07, 6.45) is 3.92. The first-order chi connectivity index (χ1) is 9.16. The molecule has 19 heavy (non-hydrogen) atoms. The van der Waals surface area contributed by atoms with Gasteiger partial charge in [0.25, 0.3) is 0 Å². The molecule has 2 aliphatic rings. The molecule has 3 unspecified atom stereocenters. The fourth-order valence-electron chi connectivity index (χ4n) is 3.69. The van der Waals surface area contributed by atoms with E-state index >= 15 is 0 Å². The van der Waals surface area contributed by atoms with Crippen molar-refractivity contribution in [1.29, 1.82) is 0 Å². The Morgan fingerprint density at radius 1 is 1.32 bits per heavy atom. The van der Waals surface area contributed by atoms with Crippen LogP contribution in [-0.2, 0) is 11.2 Å². The number of fused-ring (bicyclic) bond motifs is 1. The quantitative estimate of drug-likeness (QED) is 0.887. The third kappa shape index (κ3) is 2.22. The van der Waals surface area contributed by atoms with Gasteiger partial charge in [0, 0.05) is 18.3 Å². The molecule has 1 saturated carbocycles. The van der Waals surface area contributed by atoms with E-state index in [1.165, 1.54) is 11.3 Å². The predicted molar refractivity (Wildman–Crippen MR) is 75.4 cm³/mol. The minimum Gasteiger partial charge on any atom is -0.481 e. The van der Waals surface area contributed by atoms with Gasteiger partial charge in [-0.15, -0.1) is 0 Å². The van der Waals surface area contributed by atoms with Gasteiger partial charge in [-0.3, -0.25) is 4.79 Å². The maximum absolute atomic E-state index is 11.5. The van der Waals surface area contributed by atoms with Gasteiger partial charge in [-0.1, -0.05) is 25.1 Å². The summed E-state index contributed by atoms with van der Waals surface area (Å²) in [5.74, 6) is -0.197. The third-order valence-electron chi connectivity index (χ3n) is 4.72. The van der Waals surface area contributed by atoms with Crippen LogP contribution in [0.1, 0.15) is 31.7 Å². The molecule has 1 heterocycles. The highest BCUT2D eigenvalue weighted by Gasteiger charge is 2.39. The number of carboxylic acid groups (broad SMARTS) is 1. The van der Waals surface area contributed by atoms with Crippen molar-refractivity contribution in [3.8, 4) is 0 Å². The van der Waals surface area contributed by atoms with Crippen LogP contribution in [0.25, 0.3) is 0 Å². The number of carbonyl (C=O) groups is 1. The molecular weight excluding hydrogens is 238 g/mol. The Morgan fingerprint density at radius 3 is 2.89 bits per heavy atom. The lowest BCUT2D eigenvalue weighted by atomic mass is 9.78. The lowest BCUT2D eigenvalue weighted by Gasteiger charge is -2.39. The number of benzene rings is 1. The summed E-state index contributed by atoms with van der Waals surface area (Å²) < 4.78 is 0. The zero-order chi connectivity index (χ0) is 13.4. The molecule has 1 aromatic carbocycles. The number of rotatable bonds is 2. The zero-order valence-corrected chi connectivity index (χ0v) is 11.4. The Labute approximate surface area is 114 Å². The third-order valence-corrected chi connectivity index (χ3v) is 4.72. The summed E-state index contributed by atoms with van der Waals surface area (Å²) in [5, 5.41) is 9.48. The molecule has 3 rings (SSSR count). The second kappa shape index (κ2) is 4.87. The lowest BCUT2D eigenvalue weighted by Crippen LogP contribution is -2.46. The first-order valence-electron chi connectivity index (χ1n) is 7.24. The minimum absolute atomic E-state index is 0.171. The molecule has 102 valence electrons. The number of hydrogen-bond acceptors (Lipinski definition) is 2. The molecule has 0 amide bonds. The van der Waals surface area contributed by atoms with Crippen molar-refractivity contribution in [2.45, 2.75) is 38.6 Å². The van der Waals surface area contributed by atoms with E-state index in [9.17, 15) is 9.90 Å². The van der Waals surface area contributed by atoms with Crippen molar-refractivity contribution in [2.24, 2.45) is 11.8 Å². The predicted octanol–water partition coefficient (Wildman–Crippen LogP) is 2.94. The van der Waals surface area contributed by atoms with Gasteiger partial charge >= 0.3 is 5.97 Å². The second-order valence-corrected chi connectivity index (χ2v) is 6.00. The molecule has 1 aromatic rings. The standard InChI is InChI=1S/C16H21NO2/c1-11-6-7-13(16(18)19)15(10-11)17-9-8-12-4-2-3-5-14(12)17/h2-5,11,13,15H,6-10H2,1H3,(H,18,19). The normalized spacial score (nSPS) is 30.2. The number of anilines is 1. The van der Waals surface area contributed by atoms with E-state index < -0.39 is 5.97 Å². The molecule has 0 bridgehead atoms. The van der Waals surface area contributed by atoms with Crippen molar-refractivity contribution in [1.82, 2.24) is 0 Å². The van der Waals surface area contributed by atoms with Gasteiger partial charge in [0.15, 0.2) is 0 Å². The Bertz CT molecular complexity index is 485. The average Bonchev–Trinajstić information content (AvgIpc) is 2.82. The Kier molecular flexibility index (Phi) is 3.21. The molecule has 3 heteroatoms. The van der Waals surface area contributed by atoms with E-state index in [1.807, 2.05) is 0 Å². The number of hydrogen-bond donors (Lipinski definition) is 1. The molecule has 1 fully saturated rings. The van der Waals surface area contributed by atoms with Gasteiger partial charge in [0.05, 0.1) is 5.92 Å². The van der Waals surface area contributed by atoms with Crippen LogP contribution < -0.4 is 4.90 Å². The van der Waals surface area contributed by atoms with Crippen LogP contribution in [0.15, 0.2) is 24.3 Å². The first kappa shape index (κ1) is 12.5. The van der Waals surface area contributed by atoms with E-state index in [0.29, 0.717) is 5.92 Å². The SMILES string of the molecule is CC1CCC(C(=O)O)C(N2CCc3ccccc32)C1. The van der Waals surface area contributed by atoms with Crippen molar-refractivity contribution < 1.29 is 9.90 Å². The number of aliphatic carboxylic acids is 1. The summed E-state index contributed by atoms with van der Waals surface area (Å²) in [6.45, 7) is 3.22. The van der Waals surface area contributed by atoms with Gasteiger partial charge in [0.2, 0.25) is 0 Å². The van der Waals surface area contributed by atoms with Crippen LogP contribution in [0.5, 0.6) is 0 Å². The van der Waals surface area contributed by atoms with Gasteiger partial charge in [-0.25, -0.2) is 0 Å². The summed E-state index contributed by atoms with van der Waals surface area (Å²) in [4.78, 5) is 13.9. The summed E-state index contributed by atoms with van der Waals surface area (Å²) in [7, 11) is 0. The van der Waals surface area contributed by atoms with E-state index in [0.717, 1.165) is 32.2 Å². The molecule has 3 atom stereocenters. The first-order valence-corrected chi connectivity index (χ1v) is 7.24. The molecule has 0 radical (unpaired) electrons. The Morgan fingerprint density at radius 2 is 2.11 bits per heavy atom.